The SMILES string of the molecule is CN(C)CC(=O)N(C)c1ccc(C(C)(C)C)cc1. The lowest BCUT2D eigenvalue weighted by molar-refractivity contribution is -0.118. The molecule has 0 radical (unpaired) electrons. The summed E-state index contributed by atoms with van der Waals surface area (Å²) in [6.45, 7) is 6.98. The largest absolute Gasteiger partial charge is 0.314 e. The molecule has 1 aromatic carbocycles. The van der Waals surface area contributed by atoms with Gasteiger partial charge in [0, 0.05) is 12.7 Å². The van der Waals surface area contributed by atoms with E-state index in [0.717, 1.165) is 5.69 Å². The Bertz CT molecular complexity index is 401. The van der Waals surface area contributed by atoms with Crippen molar-refractivity contribution >= 4 is 11.6 Å². The number of anilines is 1. The number of hydrogen-bond acceptors (Lipinski definition) is 2. The fourth-order valence-electron chi connectivity index (χ4n) is 1.71. The molecule has 0 aliphatic rings. The minimum Gasteiger partial charge on any atom is -0.314 e. The third-order valence-electron chi connectivity index (χ3n) is 2.95. The van der Waals surface area contributed by atoms with Crippen molar-refractivity contribution < 1.29 is 4.79 Å². The van der Waals surface area contributed by atoms with Crippen LogP contribution in [-0.2, 0) is 10.2 Å². The molecule has 1 rings (SSSR count). The molecule has 1 amide bonds. The first-order valence-electron chi connectivity index (χ1n) is 6.23. The van der Waals surface area contributed by atoms with E-state index in [4.69, 9.17) is 0 Å². The van der Waals surface area contributed by atoms with Crippen molar-refractivity contribution in [1.82, 2.24) is 4.90 Å². The van der Waals surface area contributed by atoms with E-state index in [1.807, 2.05) is 38.2 Å². The van der Waals surface area contributed by atoms with Gasteiger partial charge in [-0.25, -0.2) is 0 Å². The van der Waals surface area contributed by atoms with Crippen LogP contribution in [0.15, 0.2) is 24.3 Å². The van der Waals surface area contributed by atoms with Gasteiger partial charge < -0.3 is 9.80 Å². The highest BCUT2D eigenvalue weighted by atomic mass is 16.2. The van der Waals surface area contributed by atoms with Crippen LogP contribution in [0, 0.1) is 0 Å². The predicted octanol–water partition coefficient (Wildman–Crippen LogP) is 2.51. The molecule has 0 unspecified atom stereocenters. The zero-order valence-corrected chi connectivity index (χ0v) is 12.3. The standard InChI is InChI=1S/C15H24N2O/c1-15(2,3)12-7-9-13(10-8-12)17(6)14(18)11-16(4)5/h7-10H,11H2,1-6H3. The Morgan fingerprint density at radius 3 is 1.94 bits per heavy atom. The number of rotatable bonds is 3. The number of carbonyl (C=O) groups excluding carboxylic acids is 1. The third kappa shape index (κ3) is 3.84. The van der Waals surface area contributed by atoms with E-state index < -0.39 is 0 Å². The Labute approximate surface area is 110 Å². The van der Waals surface area contributed by atoms with Crippen LogP contribution in [-0.4, -0.2) is 38.5 Å². The smallest absolute Gasteiger partial charge is 0.240 e. The highest BCUT2D eigenvalue weighted by Gasteiger charge is 2.15. The van der Waals surface area contributed by atoms with Gasteiger partial charge in [-0.3, -0.25) is 4.79 Å². The maximum atomic E-state index is 11.9. The van der Waals surface area contributed by atoms with Crippen LogP contribution in [0.4, 0.5) is 5.69 Å². The van der Waals surface area contributed by atoms with Gasteiger partial charge in [-0.2, -0.15) is 0 Å². The van der Waals surface area contributed by atoms with Crippen molar-refractivity contribution in [1.29, 1.82) is 0 Å². The average molecular weight is 248 g/mol. The molecule has 0 heterocycles. The predicted molar refractivity (Wildman–Crippen MR) is 77.1 cm³/mol. The lowest BCUT2D eigenvalue weighted by atomic mass is 9.87. The van der Waals surface area contributed by atoms with Gasteiger partial charge in [-0.05, 0) is 37.2 Å². The average Bonchev–Trinajstić information content (AvgIpc) is 2.26. The quantitative estimate of drug-likeness (QED) is 0.820. The van der Waals surface area contributed by atoms with Crippen molar-refractivity contribution in [2.24, 2.45) is 0 Å². The molecule has 0 aliphatic carbocycles. The van der Waals surface area contributed by atoms with E-state index in [-0.39, 0.29) is 11.3 Å². The summed E-state index contributed by atoms with van der Waals surface area (Å²) in [5.74, 6) is 0.100. The van der Waals surface area contributed by atoms with Crippen molar-refractivity contribution in [2.45, 2.75) is 26.2 Å². The molecule has 3 nitrogen and oxygen atoms in total. The molecule has 0 spiro atoms. The van der Waals surface area contributed by atoms with Gasteiger partial charge >= 0.3 is 0 Å². The fourth-order valence-corrected chi connectivity index (χ4v) is 1.71. The normalized spacial score (nSPS) is 11.7. The molecule has 100 valence electrons. The Kier molecular flexibility index (Phi) is 4.52. The summed E-state index contributed by atoms with van der Waals surface area (Å²) in [6, 6.07) is 8.20. The zero-order chi connectivity index (χ0) is 13.9. The first-order valence-corrected chi connectivity index (χ1v) is 6.23. The highest BCUT2D eigenvalue weighted by Crippen LogP contribution is 2.24. The molecule has 0 fully saturated rings. The monoisotopic (exact) mass is 248 g/mol. The maximum Gasteiger partial charge on any atom is 0.240 e. The van der Waals surface area contributed by atoms with E-state index in [0.29, 0.717) is 6.54 Å². The maximum absolute atomic E-state index is 11.9. The molecule has 0 aromatic heterocycles. The minimum atomic E-state index is 0.100. The second-order valence-electron chi connectivity index (χ2n) is 5.99. The van der Waals surface area contributed by atoms with Crippen LogP contribution >= 0.6 is 0 Å². The Morgan fingerprint density at radius 1 is 1.06 bits per heavy atom. The molecule has 0 atom stereocenters. The molecular formula is C15H24N2O. The number of benzene rings is 1. The fraction of sp³-hybridized carbons (Fsp3) is 0.533. The molecule has 0 saturated carbocycles. The third-order valence-corrected chi connectivity index (χ3v) is 2.95. The van der Waals surface area contributed by atoms with Gasteiger partial charge in [0.2, 0.25) is 5.91 Å². The van der Waals surface area contributed by atoms with Crippen LogP contribution in [0.2, 0.25) is 0 Å². The van der Waals surface area contributed by atoms with E-state index >= 15 is 0 Å². The van der Waals surface area contributed by atoms with Crippen molar-refractivity contribution in [2.75, 3.05) is 32.6 Å². The van der Waals surface area contributed by atoms with E-state index in [2.05, 4.69) is 32.9 Å². The molecule has 18 heavy (non-hydrogen) atoms. The summed E-state index contributed by atoms with van der Waals surface area (Å²) in [7, 11) is 5.61. The Balaban J connectivity index is 2.82. The number of amides is 1. The molecular weight excluding hydrogens is 224 g/mol. The second-order valence-corrected chi connectivity index (χ2v) is 5.99. The molecule has 0 bridgehead atoms. The summed E-state index contributed by atoms with van der Waals surface area (Å²) in [6.07, 6.45) is 0. The van der Waals surface area contributed by atoms with Crippen LogP contribution in [0.1, 0.15) is 26.3 Å². The molecule has 0 N–H and O–H groups in total. The lowest BCUT2D eigenvalue weighted by Crippen LogP contribution is -2.35. The van der Waals surface area contributed by atoms with Gasteiger partial charge in [0.05, 0.1) is 6.54 Å². The van der Waals surface area contributed by atoms with Crippen molar-refractivity contribution in [3.8, 4) is 0 Å². The number of likely N-dealkylation sites (N-methyl/N-ethyl adjacent to an activating group) is 2. The second kappa shape index (κ2) is 5.53. The molecule has 1 aromatic rings. The zero-order valence-electron chi connectivity index (χ0n) is 12.3. The Morgan fingerprint density at radius 2 is 1.56 bits per heavy atom. The lowest BCUT2D eigenvalue weighted by Gasteiger charge is -2.22. The van der Waals surface area contributed by atoms with Gasteiger partial charge in [-0.1, -0.05) is 32.9 Å². The van der Waals surface area contributed by atoms with Gasteiger partial charge in [0.25, 0.3) is 0 Å². The van der Waals surface area contributed by atoms with Gasteiger partial charge in [0.15, 0.2) is 0 Å². The summed E-state index contributed by atoms with van der Waals surface area (Å²) >= 11 is 0. The highest BCUT2D eigenvalue weighted by molar-refractivity contribution is 5.94. The van der Waals surface area contributed by atoms with Crippen LogP contribution < -0.4 is 4.90 Å². The van der Waals surface area contributed by atoms with E-state index in [1.165, 1.54) is 5.56 Å². The topological polar surface area (TPSA) is 23.6 Å². The van der Waals surface area contributed by atoms with Crippen molar-refractivity contribution in [3.05, 3.63) is 29.8 Å². The van der Waals surface area contributed by atoms with Crippen LogP contribution in [0.5, 0.6) is 0 Å². The number of carbonyl (C=O) groups is 1. The number of nitrogens with zero attached hydrogens (tertiary/aromatic N) is 2. The summed E-state index contributed by atoms with van der Waals surface area (Å²) in [5.41, 5.74) is 2.36. The summed E-state index contributed by atoms with van der Waals surface area (Å²) < 4.78 is 0. The van der Waals surface area contributed by atoms with Crippen LogP contribution in [0.3, 0.4) is 0 Å². The van der Waals surface area contributed by atoms with Gasteiger partial charge in [-0.15, -0.1) is 0 Å². The van der Waals surface area contributed by atoms with E-state index in [9.17, 15) is 4.79 Å². The first-order chi connectivity index (χ1) is 8.21. The van der Waals surface area contributed by atoms with Crippen LogP contribution in [0.25, 0.3) is 0 Å². The van der Waals surface area contributed by atoms with E-state index in [1.54, 1.807) is 4.90 Å². The molecule has 3 heteroatoms. The summed E-state index contributed by atoms with van der Waals surface area (Å²) in [4.78, 5) is 15.5. The first kappa shape index (κ1) is 14.7. The minimum absolute atomic E-state index is 0.100. The van der Waals surface area contributed by atoms with Gasteiger partial charge in [0.1, 0.15) is 0 Å². The summed E-state index contributed by atoms with van der Waals surface area (Å²) in [5, 5.41) is 0. The molecule has 0 saturated heterocycles. The molecule has 0 aliphatic heterocycles. The number of hydrogen-bond donors (Lipinski definition) is 0. The Hall–Kier alpha value is -1.35. The van der Waals surface area contributed by atoms with Crippen molar-refractivity contribution in [3.63, 3.8) is 0 Å².